The average molecular weight is 447 g/mol. The van der Waals surface area contributed by atoms with Gasteiger partial charge in [0.05, 0.1) is 32.2 Å². The third-order valence-corrected chi connectivity index (χ3v) is 5.84. The minimum Gasteiger partial charge on any atom is -0.497 e. The lowest BCUT2D eigenvalue weighted by Crippen LogP contribution is -2.04. The quantitative estimate of drug-likeness (QED) is 0.392. The van der Waals surface area contributed by atoms with Crippen molar-refractivity contribution in [3.8, 4) is 22.9 Å². The predicted octanol–water partition coefficient (Wildman–Crippen LogP) is 5.37. The zero-order valence-corrected chi connectivity index (χ0v) is 20.0. The summed E-state index contributed by atoms with van der Waals surface area (Å²) in [5, 5.41) is 14.6. The number of nitrogens with one attached hydrogen (secondary N) is 1. The Balaban J connectivity index is 1.80. The molecular weight excluding hydrogens is 416 g/mol. The third-order valence-electron chi connectivity index (χ3n) is 5.84. The van der Waals surface area contributed by atoms with Crippen LogP contribution in [-0.4, -0.2) is 35.6 Å². The zero-order valence-electron chi connectivity index (χ0n) is 20.0. The Kier molecular flexibility index (Phi) is 6.40. The van der Waals surface area contributed by atoms with Crippen LogP contribution in [-0.2, 0) is 6.54 Å². The van der Waals surface area contributed by atoms with Gasteiger partial charge in [0.15, 0.2) is 5.82 Å². The Morgan fingerprint density at radius 3 is 2.39 bits per heavy atom. The molecule has 0 bridgehead atoms. The number of ether oxygens (including phenoxy) is 3. The van der Waals surface area contributed by atoms with Gasteiger partial charge < -0.3 is 24.1 Å². The number of rotatable bonds is 8. The highest BCUT2D eigenvalue weighted by Gasteiger charge is 2.21. The van der Waals surface area contributed by atoms with Crippen molar-refractivity contribution in [3.63, 3.8) is 0 Å². The Hall–Kier alpha value is -3.74. The fourth-order valence-corrected chi connectivity index (χ4v) is 4.35. The van der Waals surface area contributed by atoms with E-state index in [1.54, 1.807) is 14.2 Å². The van der Waals surface area contributed by atoms with E-state index < -0.39 is 0 Å². The maximum atomic E-state index is 5.72. The highest BCUT2D eigenvalue weighted by Crippen LogP contribution is 2.37. The first kappa shape index (κ1) is 22.5. The van der Waals surface area contributed by atoms with Gasteiger partial charge in [0.1, 0.15) is 17.2 Å². The van der Waals surface area contributed by atoms with Gasteiger partial charge in [-0.15, -0.1) is 5.10 Å². The molecular formula is C26H30N4O3. The molecule has 7 heteroatoms. The number of methoxy groups -OCH3 is 2. The number of aryl methyl sites for hydroxylation is 3. The molecule has 0 saturated heterocycles. The van der Waals surface area contributed by atoms with E-state index in [9.17, 15) is 0 Å². The zero-order chi connectivity index (χ0) is 23.5. The van der Waals surface area contributed by atoms with Gasteiger partial charge in [-0.1, -0.05) is 12.1 Å². The van der Waals surface area contributed by atoms with E-state index in [4.69, 9.17) is 14.2 Å². The van der Waals surface area contributed by atoms with Crippen LogP contribution in [0.4, 0.5) is 5.82 Å². The van der Waals surface area contributed by atoms with Crippen LogP contribution in [0, 0.1) is 20.8 Å². The fourth-order valence-electron chi connectivity index (χ4n) is 4.35. The molecule has 0 spiro atoms. The van der Waals surface area contributed by atoms with Gasteiger partial charge in [-0.05, 0) is 57.5 Å². The van der Waals surface area contributed by atoms with Gasteiger partial charge in [0.25, 0.3) is 0 Å². The van der Waals surface area contributed by atoms with E-state index in [1.807, 2.05) is 50.2 Å². The molecule has 2 aromatic carbocycles. The molecule has 7 nitrogen and oxygen atoms in total. The van der Waals surface area contributed by atoms with Crippen molar-refractivity contribution < 1.29 is 14.2 Å². The summed E-state index contributed by atoms with van der Waals surface area (Å²) in [6, 6.07) is 13.9. The monoisotopic (exact) mass is 446 g/mol. The minimum absolute atomic E-state index is 0.604. The van der Waals surface area contributed by atoms with Crippen molar-refractivity contribution in [2.45, 2.75) is 34.2 Å². The topological polar surface area (TPSA) is 70.4 Å². The summed E-state index contributed by atoms with van der Waals surface area (Å²) in [6.07, 6.45) is 0. The molecule has 0 unspecified atom stereocenters. The van der Waals surface area contributed by atoms with E-state index in [1.165, 1.54) is 0 Å². The molecule has 4 aromatic rings. The van der Waals surface area contributed by atoms with Crippen LogP contribution < -0.4 is 19.5 Å². The Morgan fingerprint density at radius 2 is 1.67 bits per heavy atom. The average Bonchev–Trinajstić information content (AvgIpc) is 3.10. The second-order valence-electron chi connectivity index (χ2n) is 7.86. The number of hydrogen-bond acceptors (Lipinski definition) is 6. The van der Waals surface area contributed by atoms with Crippen molar-refractivity contribution >= 4 is 16.6 Å². The van der Waals surface area contributed by atoms with Crippen LogP contribution in [0.25, 0.3) is 16.5 Å². The summed E-state index contributed by atoms with van der Waals surface area (Å²) >= 11 is 0. The summed E-state index contributed by atoms with van der Waals surface area (Å²) in [6.45, 7) is 9.38. The molecule has 172 valence electrons. The van der Waals surface area contributed by atoms with Crippen molar-refractivity contribution in [2.24, 2.45) is 0 Å². The largest absolute Gasteiger partial charge is 0.497 e. The second-order valence-corrected chi connectivity index (χ2v) is 7.86. The molecule has 0 atom stereocenters. The molecule has 2 aromatic heterocycles. The first-order valence-electron chi connectivity index (χ1n) is 11.0. The number of hydrogen-bond donors (Lipinski definition) is 1. The van der Waals surface area contributed by atoms with Gasteiger partial charge in [0, 0.05) is 34.8 Å². The van der Waals surface area contributed by atoms with Gasteiger partial charge in [-0.2, -0.15) is 5.10 Å². The maximum absolute atomic E-state index is 5.72. The lowest BCUT2D eigenvalue weighted by Gasteiger charge is -2.15. The first-order valence-corrected chi connectivity index (χ1v) is 11.0. The summed E-state index contributed by atoms with van der Waals surface area (Å²) in [4.78, 5) is 0. The minimum atomic E-state index is 0.604. The van der Waals surface area contributed by atoms with Crippen molar-refractivity contribution in [3.05, 3.63) is 65.1 Å². The molecule has 1 N–H and O–H groups in total. The molecule has 0 fully saturated rings. The Bertz CT molecular complexity index is 1300. The molecule has 0 aliphatic carbocycles. The Labute approximate surface area is 194 Å². The molecule has 0 radical (unpaired) electrons. The standard InChI is InChI=1S/C26H30N4O3/c1-7-33-21-11-12-22(23(14-21)32-6)30-17(3)24-16(2)28-29-26(25(24)18(30)4)27-15-19-9-8-10-20(13-19)31-5/h8-14H,7,15H2,1-6H3,(H,27,29). The number of nitrogens with zero attached hydrogens (tertiary/aromatic N) is 3. The molecule has 0 aliphatic heterocycles. The van der Waals surface area contributed by atoms with E-state index in [0.29, 0.717) is 13.2 Å². The third kappa shape index (κ3) is 4.18. The van der Waals surface area contributed by atoms with Crippen molar-refractivity contribution in [1.29, 1.82) is 0 Å². The lowest BCUT2D eigenvalue weighted by atomic mass is 10.1. The van der Waals surface area contributed by atoms with Gasteiger partial charge in [-0.25, -0.2) is 0 Å². The summed E-state index contributed by atoms with van der Waals surface area (Å²) in [7, 11) is 3.35. The van der Waals surface area contributed by atoms with Crippen molar-refractivity contribution in [1.82, 2.24) is 14.8 Å². The fraction of sp³-hybridized carbons (Fsp3) is 0.308. The van der Waals surface area contributed by atoms with Crippen LogP contribution in [0.3, 0.4) is 0 Å². The SMILES string of the molecule is CCOc1ccc(-n2c(C)c3c(C)nnc(NCc4cccc(OC)c4)c3c2C)c(OC)c1. The molecule has 0 saturated carbocycles. The number of benzene rings is 2. The smallest absolute Gasteiger partial charge is 0.158 e. The van der Waals surface area contributed by atoms with E-state index in [0.717, 1.165) is 62.2 Å². The molecule has 0 aliphatic rings. The normalized spacial score (nSPS) is 11.0. The van der Waals surface area contributed by atoms with E-state index in [-0.39, 0.29) is 0 Å². The highest BCUT2D eigenvalue weighted by molar-refractivity contribution is 5.98. The number of fused-ring (bicyclic) bond motifs is 1. The maximum Gasteiger partial charge on any atom is 0.158 e. The lowest BCUT2D eigenvalue weighted by molar-refractivity contribution is 0.336. The molecule has 2 heterocycles. The van der Waals surface area contributed by atoms with Crippen LogP contribution in [0.1, 0.15) is 29.6 Å². The van der Waals surface area contributed by atoms with Crippen LogP contribution in [0.15, 0.2) is 42.5 Å². The van der Waals surface area contributed by atoms with Crippen LogP contribution in [0.5, 0.6) is 17.2 Å². The molecule has 4 rings (SSSR count). The summed E-state index contributed by atoms with van der Waals surface area (Å²) < 4.78 is 18.9. The first-order chi connectivity index (χ1) is 16.0. The Morgan fingerprint density at radius 1 is 0.879 bits per heavy atom. The molecule has 33 heavy (non-hydrogen) atoms. The van der Waals surface area contributed by atoms with Crippen molar-refractivity contribution in [2.75, 3.05) is 26.1 Å². The second kappa shape index (κ2) is 9.40. The van der Waals surface area contributed by atoms with Gasteiger partial charge in [0.2, 0.25) is 0 Å². The number of aromatic nitrogens is 3. The van der Waals surface area contributed by atoms with E-state index >= 15 is 0 Å². The summed E-state index contributed by atoms with van der Waals surface area (Å²) in [5.41, 5.74) is 5.09. The van der Waals surface area contributed by atoms with Crippen LogP contribution in [0.2, 0.25) is 0 Å². The molecule has 0 amide bonds. The van der Waals surface area contributed by atoms with Gasteiger partial charge >= 0.3 is 0 Å². The van der Waals surface area contributed by atoms with Crippen LogP contribution >= 0.6 is 0 Å². The predicted molar refractivity (Wildman–Crippen MR) is 131 cm³/mol. The highest BCUT2D eigenvalue weighted by atomic mass is 16.5. The van der Waals surface area contributed by atoms with E-state index in [2.05, 4.69) is 40.0 Å². The summed E-state index contributed by atoms with van der Waals surface area (Å²) in [5.74, 6) is 3.11. The van der Waals surface area contributed by atoms with Gasteiger partial charge in [-0.3, -0.25) is 0 Å². The number of anilines is 1.